The molecule has 1 aromatic carbocycles. The summed E-state index contributed by atoms with van der Waals surface area (Å²) < 4.78 is 0. The molecule has 0 saturated heterocycles. The maximum atomic E-state index is 10.1. The van der Waals surface area contributed by atoms with E-state index in [1.807, 2.05) is 12.1 Å². The van der Waals surface area contributed by atoms with Gasteiger partial charge in [0.25, 0.3) is 0 Å². The Labute approximate surface area is 106 Å². The van der Waals surface area contributed by atoms with Crippen molar-refractivity contribution in [1.82, 2.24) is 15.3 Å². The minimum Gasteiger partial charge on any atom is -0.391 e. The zero-order valence-electron chi connectivity index (χ0n) is 9.95. The van der Waals surface area contributed by atoms with Crippen molar-refractivity contribution in [2.45, 2.75) is 25.1 Å². The van der Waals surface area contributed by atoms with Gasteiger partial charge >= 0.3 is 0 Å². The van der Waals surface area contributed by atoms with E-state index in [-0.39, 0.29) is 12.1 Å². The van der Waals surface area contributed by atoms with Gasteiger partial charge in [0, 0.05) is 30.9 Å². The summed E-state index contributed by atoms with van der Waals surface area (Å²) in [5.41, 5.74) is 3.45. The molecule has 2 aromatic rings. The Hall–Kier alpha value is -1.78. The Morgan fingerprint density at radius 1 is 1.22 bits per heavy atom. The molecule has 2 atom stereocenters. The van der Waals surface area contributed by atoms with Crippen molar-refractivity contribution in [3.05, 3.63) is 59.7 Å². The molecule has 1 heterocycles. The number of nitrogens with one attached hydrogen (secondary N) is 1. The number of hydrogen-bond donors (Lipinski definition) is 2. The van der Waals surface area contributed by atoms with Crippen LogP contribution in [0.4, 0.5) is 0 Å². The van der Waals surface area contributed by atoms with Crippen LogP contribution in [0, 0.1) is 0 Å². The topological polar surface area (TPSA) is 58.0 Å². The maximum Gasteiger partial charge on any atom is 0.115 e. The third kappa shape index (κ3) is 2.12. The number of fused-ring (bicyclic) bond motifs is 1. The molecule has 0 unspecified atom stereocenters. The fourth-order valence-corrected chi connectivity index (χ4v) is 2.47. The van der Waals surface area contributed by atoms with Crippen LogP contribution in [0.15, 0.2) is 43.0 Å². The molecule has 0 radical (unpaired) electrons. The Balaban J connectivity index is 1.74. The van der Waals surface area contributed by atoms with Crippen LogP contribution in [-0.2, 0) is 13.0 Å². The predicted octanol–water partition coefficient (Wildman–Crippen LogP) is 1.22. The van der Waals surface area contributed by atoms with Crippen LogP contribution in [0.1, 0.15) is 22.7 Å². The Kier molecular flexibility index (Phi) is 3.04. The van der Waals surface area contributed by atoms with Crippen molar-refractivity contribution in [1.29, 1.82) is 0 Å². The lowest BCUT2D eigenvalue weighted by Crippen LogP contribution is -2.28. The van der Waals surface area contributed by atoms with Crippen LogP contribution in [0.3, 0.4) is 0 Å². The molecule has 18 heavy (non-hydrogen) atoms. The Bertz CT molecular complexity index is 530. The molecule has 0 saturated carbocycles. The first kappa shape index (κ1) is 11.3. The second-order valence-corrected chi connectivity index (χ2v) is 4.58. The zero-order chi connectivity index (χ0) is 12.4. The maximum absolute atomic E-state index is 10.1. The van der Waals surface area contributed by atoms with Crippen molar-refractivity contribution < 1.29 is 5.11 Å². The van der Waals surface area contributed by atoms with Crippen molar-refractivity contribution in [2.24, 2.45) is 0 Å². The number of aliphatic hydroxyl groups excluding tert-OH is 1. The van der Waals surface area contributed by atoms with Gasteiger partial charge in [-0.3, -0.25) is 0 Å². The van der Waals surface area contributed by atoms with Gasteiger partial charge < -0.3 is 10.4 Å². The quantitative estimate of drug-likeness (QED) is 0.848. The summed E-state index contributed by atoms with van der Waals surface area (Å²) in [6, 6.07) is 8.17. The van der Waals surface area contributed by atoms with E-state index >= 15 is 0 Å². The van der Waals surface area contributed by atoms with E-state index < -0.39 is 0 Å². The summed E-state index contributed by atoms with van der Waals surface area (Å²) in [6.07, 6.45) is 5.45. The average molecular weight is 241 g/mol. The van der Waals surface area contributed by atoms with Gasteiger partial charge in [-0.05, 0) is 11.1 Å². The molecule has 0 bridgehead atoms. The largest absolute Gasteiger partial charge is 0.391 e. The minimum atomic E-state index is -0.355. The molecular formula is C14H15N3O. The first-order valence-corrected chi connectivity index (χ1v) is 6.08. The highest BCUT2D eigenvalue weighted by molar-refractivity contribution is 5.36. The summed E-state index contributed by atoms with van der Waals surface area (Å²) in [5, 5.41) is 13.5. The van der Waals surface area contributed by atoms with Crippen molar-refractivity contribution in [2.75, 3.05) is 0 Å². The van der Waals surface area contributed by atoms with Gasteiger partial charge in [-0.15, -0.1) is 0 Å². The number of rotatable bonds is 3. The molecule has 4 heteroatoms. The normalized spacial score (nSPS) is 21.8. The van der Waals surface area contributed by atoms with Crippen LogP contribution in [0.25, 0.3) is 0 Å². The first-order valence-electron chi connectivity index (χ1n) is 6.08. The summed E-state index contributed by atoms with van der Waals surface area (Å²) in [6.45, 7) is 0.664. The van der Waals surface area contributed by atoms with Crippen LogP contribution in [-0.4, -0.2) is 21.2 Å². The van der Waals surface area contributed by atoms with Crippen LogP contribution in [0.5, 0.6) is 0 Å². The Morgan fingerprint density at radius 3 is 2.83 bits per heavy atom. The lowest BCUT2D eigenvalue weighted by molar-refractivity contribution is 0.140. The number of benzene rings is 1. The van der Waals surface area contributed by atoms with Crippen molar-refractivity contribution in [3.8, 4) is 0 Å². The number of aromatic nitrogens is 2. The van der Waals surface area contributed by atoms with E-state index in [0.717, 1.165) is 12.0 Å². The number of aliphatic hydroxyl groups is 1. The smallest absolute Gasteiger partial charge is 0.115 e. The molecular weight excluding hydrogens is 226 g/mol. The fourth-order valence-electron chi connectivity index (χ4n) is 2.47. The Morgan fingerprint density at radius 2 is 2.00 bits per heavy atom. The van der Waals surface area contributed by atoms with Gasteiger partial charge in [0.2, 0.25) is 0 Å². The van der Waals surface area contributed by atoms with E-state index in [0.29, 0.717) is 6.54 Å². The summed E-state index contributed by atoms with van der Waals surface area (Å²) >= 11 is 0. The molecule has 92 valence electrons. The van der Waals surface area contributed by atoms with E-state index in [4.69, 9.17) is 0 Å². The molecule has 3 rings (SSSR count). The molecule has 0 amide bonds. The van der Waals surface area contributed by atoms with Gasteiger partial charge in [0.05, 0.1) is 12.1 Å². The zero-order valence-corrected chi connectivity index (χ0v) is 9.95. The molecule has 1 aliphatic rings. The third-order valence-electron chi connectivity index (χ3n) is 3.34. The first-order chi connectivity index (χ1) is 8.84. The van der Waals surface area contributed by atoms with Crippen LogP contribution < -0.4 is 5.32 Å². The molecule has 0 fully saturated rings. The van der Waals surface area contributed by atoms with Crippen LogP contribution >= 0.6 is 0 Å². The third-order valence-corrected chi connectivity index (χ3v) is 3.34. The highest BCUT2D eigenvalue weighted by Crippen LogP contribution is 2.31. The number of hydrogen-bond acceptors (Lipinski definition) is 4. The molecule has 0 aliphatic heterocycles. The van der Waals surface area contributed by atoms with Crippen molar-refractivity contribution in [3.63, 3.8) is 0 Å². The highest BCUT2D eigenvalue weighted by Gasteiger charge is 2.29. The van der Waals surface area contributed by atoms with Gasteiger partial charge in [-0.1, -0.05) is 24.3 Å². The van der Waals surface area contributed by atoms with Gasteiger partial charge in [-0.2, -0.15) is 0 Å². The lowest BCUT2D eigenvalue weighted by atomic mass is 10.1. The SMILES string of the molecule is O[C@@H]1Cc2ccccc2[C@@H]1NCc1cncnc1. The molecule has 1 aromatic heterocycles. The number of nitrogens with zero attached hydrogens (tertiary/aromatic N) is 2. The van der Waals surface area contributed by atoms with Crippen molar-refractivity contribution >= 4 is 0 Å². The second kappa shape index (κ2) is 4.84. The lowest BCUT2D eigenvalue weighted by Gasteiger charge is -2.17. The van der Waals surface area contributed by atoms with E-state index in [1.165, 1.54) is 17.5 Å². The fraction of sp³-hybridized carbons (Fsp3) is 0.286. The molecule has 1 aliphatic carbocycles. The second-order valence-electron chi connectivity index (χ2n) is 4.58. The summed E-state index contributed by atoms with van der Waals surface area (Å²) in [4.78, 5) is 7.96. The average Bonchev–Trinajstić information content (AvgIpc) is 2.73. The monoisotopic (exact) mass is 241 g/mol. The standard InChI is InChI=1S/C14H15N3O/c18-13-5-11-3-1-2-4-12(11)14(13)17-8-10-6-15-9-16-7-10/h1-4,6-7,9,13-14,17-18H,5,8H2/t13-,14+/m1/s1. The molecule has 2 N–H and O–H groups in total. The summed E-state index contributed by atoms with van der Waals surface area (Å²) in [5.74, 6) is 0. The predicted molar refractivity (Wildman–Crippen MR) is 67.8 cm³/mol. The van der Waals surface area contributed by atoms with Crippen LogP contribution in [0.2, 0.25) is 0 Å². The van der Waals surface area contributed by atoms with E-state index in [2.05, 4.69) is 27.4 Å². The van der Waals surface area contributed by atoms with Gasteiger partial charge in [0.1, 0.15) is 6.33 Å². The molecule has 4 nitrogen and oxygen atoms in total. The van der Waals surface area contributed by atoms with Gasteiger partial charge in [0.15, 0.2) is 0 Å². The van der Waals surface area contributed by atoms with Gasteiger partial charge in [-0.25, -0.2) is 9.97 Å². The minimum absolute atomic E-state index is 0.00130. The van der Waals surface area contributed by atoms with E-state index in [9.17, 15) is 5.11 Å². The molecule has 0 spiro atoms. The highest BCUT2D eigenvalue weighted by atomic mass is 16.3. The van der Waals surface area contributed by atoms with E-state index in [1.54, 1.807) is 12.4 Å². The summed E-state index contributed by atoms with van der Waals surface area (Å²) in [7, 11) is 0.